The Balaban J connectivity index is 3.16. The van der Waals surface area contributed by atoms with Gasteiger partial charge < -0.3 is 10.5 Å². The van der Waals surface area contributed by atoms with Crippen LogP contribution in [0.3, 0.4) is 0 Å². The molecule has 0 aliphatic heterocycles. The van der Waals surface area contributed by atoms with E-state index >= 15 is 0 Å². The van der Waals surface area contributed by atoms with Crippen molar-refractivity contribution in [1.82, 2.24) is 0 Å². The van der Waals surface area contributed by atoms with E-state index in [1.54, 1.807) is 6.07 Å². The Hall–Kier alpha value is -1.58. The van der Waals surface area contributed by atoms with Crippen molar-refractivity contribution in [3.63, 3.8) is 0 Å². The number of primary amides is 1. The molecule has 94 valence electrons. The number of ether oxygens (including phenoxy) is 1. The topological polar surface area (TPSA) is 52.3 Å². The third-order valence-corrected chi connectivity index (χ3v) is 2.82. The zero-order chi connectivity index (χ0) is 13.0. The molecule has 1 amide bonds. The molecule has 1 aromatic rings. The first kappa shape index (κ1) is 13.5. The van der Waals surface area contributed by atoms with Gasteiger partial charge in [-0.2, -0.15) is 0 Å². The zero-order valence-corrected chi connectivity index (χ0v) is 10.4. The number of hydrogen-bond acceptors (Lipinski definition) is 2. The molecule has 0 bridgehead atoms. The van der Waals surface area contributed by atoms with Gasteiger partial charge in [-0.15, -0.1) is 0 Å². The Morgan fingerprint density at radius 2 is 2.12 bits per heavy atom. The second-order valence-electron chi connectivity index (χ2n) is 4.41. The van der Waals surface area contributed by atoms with E-state index < -0.39 is 5.91 Å². The first-order valence-electron chi connectivity index (χ1n) is 5.57. The van der Waals surface area contributed by atoms with Crippen molar-refractivity contribution in [2.45, 2.75) is 26.2 Å². The average Bonchev–Trinajstić information content (AvgIpc) is 2.25. The van der Waals surface area contributed by atoms with Gasteiger partial charge in [-0.3, -0.25) is 4.79 Å². The molecule has 0 spiro atoms. The van der Waals surface area contributed by atoms with Crippen LogP contribution in [0.2, 0.25) is 0 Å². The fraction of sp³-hybridized carbons (Fsp3) is 0.462. The monoisotopic (exact) mass is 239 g/mol. The van der Waals surface area contributed by atoms with E-state index in [0.29, 0.717) is 11.3 Å². The Kier molecular flexibility index (Phi) is 4.49. The van der Waals surface area contributed by atoms with Gasteiger partial charge >= 0.3 is 0 Å². The van der Waals surface area contributed by atoms with Gasteiger partial charge in [-0.05, 0) is 30.0 Å². The van der Waals surface area contributed by atoms with E-state index in [2.05, 4.69) is 0 Å². The van der Waals surface area contributed by atoms with E-state index in [0.717, 1.165) is 0 Å². The van der Waals surface area contributed by atoms with E-state index in [1.807, 2.05) is 13.8 Å². The van der Waals surface area contributed by atoms with Crippen molar-refractivity contribution in [2.24, 2.45) is 11.7 Å². The molecule has 1 aromatic carbocycles. The van der Waals surface area contributed by atoms with Crippen LogP contribution in [0.1, 0.15) is 31.7 Å². The van der Waals surface area contributed by atoms with Crippen molar-refractivity contribution < 1.29 is 13.9 Å². The summed E-state index contributed by atoms with van der Waals surface area (Å²) >= 11 is 0. The SMILES string of the molecule is COc1ccc(F)cc1C(CC(N)=O)C(C)C. The number of carbonyl (C=O) groups is 1. The highest BCUT2D eigenvalue weighted by molar-refractivity contribution is 5.75. The van der Waals surface area contributed by atoms with Crippen molar-refractivity contribution in [1.29, 1.82) is 0 Å². The minimum atomic E-state index is -0.394. The Bertz CT molecular complexity index is 404. The Morgan fingerprint density at radius 3 is 2.59 bits per heavy atom. The largest absolute Gasteiger partial charge is 0.496 e. The van der Waals surface area contributed by atoms with Gasteiger partial charge in [0.05, 0.1) is 7.11 Å². The molecule has 1 rings (SSSR count). The van der Waals surface area contributed by atoms with Crippen LogP contribution in [0.25, 0.3) is 0 Å². The van der Waals surface area contributed by atoms with Crippen LogP contribution in [-0.4, -0.2) is 13.0 Å². The maximum Gasteiger partial charge on any atom is 0.218 e. The Labute approximate surface area is 101 Å². The molecule has 0 saturated carbocycles. The standard InChI is InChI=1S/C13H18FNO2/c1-8(2)10(7-13(15)16)11-6-9(14)4-5-12(11)17-3/h4-6,8,10H,7H2,1-3H3,(H2,15,16). The van der Waals surface area contributed by atoms with Crippen molar-refractivity contribution >= 4 is 5.91 Å². The van der Waals surface area contributed by atoms with Crippen LogP contribution in [0, 0.1) is 11.7 Å². The van der Waals surface area contributed by atoms with Gasteiger partial charge in [-0.25, -0.2) is 4.39 Å². The molecule has 0 radical (unpaired) electrons. The highest BCUT2D eigenvalue weighted by Gasteiger charge is 2.22. The predicted molar refractivity (Wildman–Crippen MR) is 64.3 cm³/mol. The molecule has 0 heterocycles. The first-order chi connectivity index (χ1) is 7.95. The van der Waals surface area contributed by atoms with E-state index in [4.69, 9.17) is 10.5 Å². The first-order valence-corrected chi connectivity index (χ1v) is 5.57. The lowest BCUT2D eigenvalue weighted by atomic mass is 9.85. The third-order valence-electron chi connectivity index (χ3n) is 2.82. The molecular weight excluding hydrogens is 221 g/mol. The summed E-state index contributed by atoms with van der Waals surface area (Å²) in [6.45, 7) is 3.94. The summed E-state index contributed by atoms with van der Waals surface area (Å²) in [5.74, 6) is -0.0892. The number of rotatable bonds is 5. The lowest BCUT2D eigenvalue weighted by Gasteiger charge is -2.22. The van der Waals surface area contributed by atoms with Crippen LogP contribution in [0.4, 0.5) is 4.39 Å². The highest BCUT2D eigenvalue weighted by Crippen LogP contribution is 2.34. The summed E-state index contributed by atoms with van der Waals surface area (Å²) in [6.07, 6.45) is 0.192. The summed E-state index contributed by atoms with van der Waals surface area (Å²) < 4.78 is 18.5. The maximum atomic E-state index is 13.3. The molecule has 0 aliphatic rings. The summed E-state index contributed by atoms with van der Waals surface area (Å²) in [7, 11) is 1.53. The molecule has 17 heavy (non-hydrogen) atoms. The van der Waals surface area contributed by atoms with Crippen molar-refractivity contribution in [3.8, 4) is 5.75 Å². The molecule has 0 fully saturated rings. The van der Waals surface area contributed by atoms with Crippen molar-refractivity contribution in [2.75, 3.05) is 7.11 Å². The molecule has 4 heteroatoms. The normalized spacial score (nSPS) is 12.5. The van der Waals surface area contributed by atoms with Crippen LogP contribution < -0.4 is 10.5 Å². The van der Waals surface area contributed by atoms with Gasteiger partial charge in [0.25, 0.3) is 0 Å². The zero-order valence-electron chi connectivity index (χ0n) is 10.4. The molecular formula is C13H18FNO2. The summed E-state index contributed by atoms with van der Waals surface area (Å²) in [4.78, 5) is 11.1. The van der Waals surface area contributed by atoms with E-state index in [-0.39, 0.29) is 24.1 Å². The average molecular weight is 239 g/mol. The van der Waals surface area contributed by atoms with E-state index in [1.165, 1.54) is 19.2 Å². The number of amides is 1. The number of hydrogen-bond donors (Lipinski definition) is 1. The molecule has 0 aliphatic carbocycles. The van der Waals surface area contributed by atoms with Gasteiger partial charge in [0, 0.05) is 12.0 Å². The predicted octanol–water partition coefficient (Wildman–Crippen LogP) is 2.45. The Morgan fingerprint density at radius 1 is 1.47 bits per heavy atom. The quantitative estimate of drug-likeness (QED) is 0.858. The van der Waals surface area contributed by atoms with E-state index in [9.17, 15) is 9.18 Å². The minimum Gasteiger partial charge on any atom is -0.496 e. The number of benzene rings is 1. The minimum absolute atomic E-state index is 0.127. The fourth-order valence-corrected chi connectivity index (χ4v) is 1.92. The number of carbonyl (C=O) groups excluding carboxylic acids is 1. The molecule has 0 aromatic heterocycles. The van der Waals surface area contributed by atoms with Crippen LogP contribution >= 0.6 is 0 Å². The third kappa shape index (κ3) is 3.44. The second-order valence-corrected chi connectivity index (χ2v) is 4.41. The molecule has 2 N–H and O–H groups in total. The number of methoxy groups -OCH3 is 1. The van der Waals surface area contributed by atoms with Gasteiger partial charge in [-0.1, -0.05) is 13.8 Å². The van der Waals surface area contributed by atoms with Crippen LogP contribution in [0.5, 0.6) is 5.75 Å². The van der Waals surface area contributed by atoms with Crippen LogP contribution in [-0.2, 0) is 4.79 Å². The summed E-state index contributed by atoms with van der Waals surface area (Å²) in [6, 6.07) is 4.32. The smallest absolute Gasteiger partial charge is 0.218 e. The van der Waals surface area contributed by atoms with Gasteiger partial charge in [0.15, 0.2) is 0 Å². The van der Waals surface area contributed by atoms with Gasteiger partial charge in [0.1, 0.15) is 11.6 Å². The number of nitrogens with two attached hydrogens (primary N) is 1. The number of halogens is 1. The highest BCUT2D eigenvalue weighted by atomic mass is 19.1. The van der Waals surface area contributed by atoms with Crippen LogP contribution in [0.15, 0.2) is 18.2 Å². The second kappa shape index (κ2) is 5.66. The van der Waals surface area contributed by atoms with Crippen molar-refractivity contribution in [3.05, 3.63) is 29.6 Å². The maximum absolute atomic E-state index is 13.3. The summed E-state index contributed by atoms with van der Waals surface area (Å²) in [5.41, 5.74) is 5.92. The molecule has 1 unspecified atom stereocenters. The summed E-state index contributed by atoms with van der Waals surface area (Å²) in [5, 5.41) is 0. The fourth-order valence-electron chi connectivity index (χ4n) is 1.92. The van der Waals surface area contributed by atoms with Gasteiger partial charge in [0.2, 0.25) is 5.91 Å². The molecule has 1 atom stereocenters. The lowest BCUT2D eigenvalue weighted by molar-refractivity contribution is -0.118. The molecule has 0 saturated heterocycles. The lowest BCUT2D eigenvalue weighted by Crippen LogP contribution is -2.19. The molecule has 3 nitrogen and oxygen atoms in total.